The Bertz CT molecular complexity index is 175. The summed E-state index contributed by atoms with van der Waals surface area (Å²) in [6, 6.07) is 0. The van der Waals surface area contributed by atoms with Crippen molar-refractivity contribution >= 4 is 5.78 Å². The molecule has 1 aliphatic rings. The summed E-state index contributed by atoms with van der Waals surface area (Å²) in [5, 5.41) is 9.30. The summed E-state index contributed by atoms with van der Waals surface area (Å²) in [7, 11) is 0. The van der Waals surface area contributed by atoms with E-state index in [1.54, 1.807) is 6.92 Å². The zero-order chi connectivity index (χ0) is 10.4. The van der Waals surface area contributed by atoms with Gasteiger partial charge in [-0.05, 0) is 26.2 Å². The van der Waals surface area contributed by atoms with Crippen molar-refractivity contribution in [2.75, 3.05) is 0 Å². The van der Waals surface area contributed by atoms with Crippen LogP contribution in [0.5, 0.6) is 0 Å². The van der Waals surface area contributed by atoms with Gasteiger partial charge >= 0.3 is 0 Å². The molecule has 1 aliphatic carbocycles. The predicted molar refractivity (Wildman–Crippen MR) is 57.1 cm³/mol. The number of aliphatic hydroxyl groups excluding tert-OH is 1. The van der Waals surface area contributed by atoms with E-state index >= 15 is 0 Å². The van der Waals surface area contributed by atoms with Crippen LogP contribution in [0, 0.1) is 5.92 Å². The van der Waals surface area contributed by atoms with Crippen molar-refractivity contribution in [2.24, 2.45) is 5.92 Å². The SMILES string of the molecule is CC(O)CC1CCCCCCCC1=O. The van der Waals surface area contributed by atoms with E-state index in [9.17, 15) is 9.90 Å². The van der Waals surface area contributed by atoms with Crippen LogP contribution in [0.25, 0.3) is 0 Å². The first-order chi connectivity index (χ1) is 6.70. The lowest BCUT2D eigenvalue weighted by atomic mass is 9.90. The fourth-order valence-electron chi connectivity index (χ4n) is 2.25. The molecule has 0 aliphatic heterocycles. The van der Waals surface area contributed by atoms with Crippen molar-refractivity contribution in [3.63, 3.8) is 0 Å². The van der Waals surface area contributed by atoms with Gasteiger partial charge in [0.1, 0.15) is 5.78 Å². The highest BCUT2D eigenvalue weighted by Gasteiger charge is 2.20. The first-order valence-electron chi connectivity index (χ1n) is 5.91. The van der Waals surface area contributed by atoms with Gasteiger partial charge in [0.15, 0.2) is 0 Å². The van der Waals surface area contributed by atoms with Gasteiger partial charge in [-0.15, -0.1) is 0 Å². The normalized spacial score (nSPS) is 27.6. The molecular weight excluding hydrogens is 176 g/mol. The zero-order valence-electron chi connectivity index (χ0n) is 9.17. The van der Waals surface area contributed by atoms with Gasteiger partial charge in [0, 0.05) is 12.3 Å². The quantitative estimate of drug-likeness (QED) is 0.740. The third kappa shape index (κ3) is 4.23. The second-order valence-electron chi connectivity index (χ2n) is 4.55. The monoisotopic (exact) mass is 198 g/mol. The number of rotatable bonds is 2. The summed E-state index contributed by atoms with van der Waals surface area (Å²) in [6.07, 6.45) is 7.99. The zero-order valence-corrected chi connectivity index (χ0v) is 9.17. The van der Waals surface area contributed by atoms with Crippen LogP contribution >= 0.6 is 0 Å². The highest BCUT2D eigenvalue weighted by molar-refractivity contribution is 5.80. The van der Waals surface area contributed by atoms with Gasteiger partial charge in [-0.1, -0.05) is 25.7 Å². The van der Waals surface area contributed by atoms with E-state index in [0.717, 1.165) is 25.7 Å². The standard InChI is InChI=1S/C12H22O2/c1-10(13)9-11-7-5-3-2-4-6-8-12(11)14/h10-11,13H,2-9H2,1H3. The van der Waals surface area contributed by atoms with Crippen LogP contribution in [0.4, 0.5) is 0 Å². The molecule has 0 saturated heterocycles. The maximum atomic E-state index is 11.7. The van der Waals surface area contributed by atoms with E-state index in [-0.39, 0.29) is 12.0 Å². The van der Waals surface area contributed by atoms with Crippen LogP contribution in [0.3, 0.4) is 0 Å². The molecule has 0 aromatic carbocycles. The van der Waals surface area contributed by atoms with Crippen molar-refractivity contribution < 1.29 is 9.90 Å². The van der Waals surface area contributed by atoms with E-state index < -0.39 is 0 Å². The molecule has 82 valence electrons. The Kier molecular flexibility index (Phi) is 5.16. The van der Waals surface area contributed by atoms with Gasteiger partial charge in [-0.25, -0.2) is 0 Å². The van der Waals surface area contributed by atoms with Crippen molar-refractivity contribution in [2.45, 2.75) is 64.4 Å². The second-order valence-corrected chi connectivity index (χ2v) is 4.55. The molecular formula is C12H22O2. The Hall–Kier alpha value is -0.370. The van der Waals surface area contributed by atoms with E-state index in [4.69, 9.17) is 0 Å². The van der Waals surface area contributed by atoms with Gasteiger partial charge in [0.2, 0.25) is 0 Å². The van der Waals surface area contributed by atoms with E-state index in [1.165, 1.54) is 19.3 Å². The van der Waals surface area contributed by atoms with Gasteiger partial charge < -0.3 is 5.11 Å². The average Bonchev–Trinajstić information content (AvgIpc) is 2.20. The molecule has 2 heteroatoms. The van der Waals surface area contributed by atoms with Gasteiger partial charge in [0.25, 0.3) is 0 Å². The Morgan fingerprint density at radius 1 is 1.29 bits per heavy atom. The Labute approximate surface area is 86.7 Å². The summed E-state index contributed by atoms with van der Waals surface area (Å²) in [6.45, 7) is 1.78. The highest BCUT2D eigenvalue weighted by Crippen LogP contribution is 2.22. The Balaban J connectivity index is 2.44. The first-order valence-corrected chi connectivity index (χ1v) is 5.91. The lowest BCUT2D eigenvalue weighted by Crippen LogP contribution is -2.19. The molecule has 0 spiro atoms. The summed E-state index contributed by atoms with van der Waals surface area (Å²) in [5.74, 6) is 0.515. The molecule has 0 bridgehead atoms. The van der Waals surface area contributed by atoms with Crippen LogP contribution < -0.4 is 0 Å². The lowest BCUT2D eigenvalue weighted by molar-refractivity contribution is -0.124. The van der Waals surface area contributed by atoms with Crippen molar-refractivity contribution in [1.82, 2.24) is 0 Å². The molecule has 0 amide bonds. The summed E-state index contributed by atoms with van der Waals surface area (Å²) in [4.78, 5) is 11.7. The number of carbonyl (C=O) groups excluding carboxylic acids is 1. The third-order valence-corrected chi connectivity index (χ3v) is 3.06. The Morgan fingerprint density at radius 2 is 1.93 bits per heavy atom. The minimum Gasteiger partial charge on any atom is -0.393 e. The molecule has 0 heterocycles. The predicted octanol–water partition coefficient (Wildman–Crippen LogP) is 2.69. The topological polar surface area (TPSA) is 37.3 Å². The molecule has 0 aromatic rings. The number of aliphatic hydroxyl groups is 1. The van der Waals surface area contributed by atoms with E-state index in [1.807, 2.05) is 0 Å². The number of hydrogen-bond donors (Lipinski definition) is 1. The van der Waals surface area contributed by atoms with Crippen molar-refractivity contribution in [1.29, 1.82) is 0 Å². The number of ketones is 1. The lowest BCUT2D eigenvalue weighted by Gasteiger charge is -2.16. The highest BCUT2D eigenvalue weighted by atomic mass is 16.3. The van der Waals surface area contributed by atoms with E-state index in [0.29, 0.717) is 12.2 Å². The maximum absolute atomic E-state index is 11.7. The van der Waals surface area contributed by atoms with Crippen LogP contribution in [0.2, 0.25) is 0 Å². The first kappa shape index (κ1) is 11.7. The number of hydrogen-bond acceptors (Lipinski definition) is 2. The van der Waals surface area contributed by atoms with Gasteiger partial charge in [-0.2, -0.15) is 0 Å². The van der Waals surface area contributed by atoms with Crippen LogP contribution in [0.1, 0.15) is 58.3 Å². The van der Waals surface area contributed by atoms with Crippen LogP contribution in [-0.2, 0) is 4.79 Å². The minimum atomic E-state index is -0.329. The maximum Gasteiger partial charge on any atom is 0.136 e. The van der Waals surface area contributed by atoms with Crippen molar-refractivity contribution in [3.8, 4) is 0 Å². The van der Waals surface area contributed by atoms with Gasteiger partial charge in [-0.3, -0.25) is 4.79 Å². The Morgan fingerprint density at radius 3 is 2.64 bits per heavy atom. The molecule has 14 heavy (non-hydrogen) atoms. The molecule has 1 N–H and O–H groups in total. The van der Waals surface area contributed by atoms with Crippen LogP contribution in [0.15, 0.2) is 0 Å². The van der Waals surface area contributed by atoms with Crippen molar-refractivity contribution in [3.05, 3.63) is 0 Å². The second kappa shape index (κ2) is 6.18. The van der Waals surface area contributed by atoms with Gasteiger partial charge in [0.05, 0.1) is 6.10 Å². The molecule has 2 nitrogen and oxygen atoms in total. The average molecular weight is 198 g/mol. The molecule has 1 saturated carbocycles. The largest absolute Gasteiger partial charge is 0.393 e. The van der Waals surface area contributed by atoms with Crippen LogP contribution in [-0.4, -0.2) is 17.0 Å². The molecule has 0 aromatic heterocycles. The molecule has 2 unspecified atom stereocenters. The molecule has 1 fully saturated rings. The fraction of sp³-hybridized carbons (Fsp3) is 0.917. The summed E-state index contributed by atoms with van der Waals surface area (Å²) < 4.78 is 0. The smallest absolute Gasteiger partial charge is 0.136 e. The molecule has 1 rings (SSSR count). The summed E-state index contributed by atoms with van der Waals surface area (Å²) in [5.41, 5.74) is 0. The number of Topliss-reactive ketones (excluding diaryl/α,β-unsaturated/α-hetero) is 1. The molecule has 2 atom stereocenters. The molecule has 0 radical (unpaired) electrons. The summed E-state index contributed by atoms with van der Waals surface area (Å²) >= 11 is 0. The van der Waals surface area contributed by atoms with E-state index in [2.05, 4.69) is 0 Å². The number of carbonyl (C=O) groups is 1. The third-order valence-electron chi connectivity index (χ3n) is 3.06. The minimum absolute atomic E-state index is 0.132. The fourth-order valence-corrected chi connectivity index (χ4v) is 2.25.